The Kier molecular flexibility index (Phi) is 3.71. The van der Waals surface area contributed by atoms with Gasteiger partial charge in [-0.25, -0.2) is 4.98 Å². The molecule has 4 aromatic rings. The second kappa shape index (κ2) is 6.49. The molecule has 2 aromatic heterocycles. The number of hydrogen-bond donors (Lipinski definition) is 3. The molecule has 3 heterocycles. The second-order valence-corrected chi connectivity index (χ2v) is 6.08. The lowest BCUT2D eigenvalue weighted by molar-refractivity contribution is 0.174. The van der Waals surface area contributed by atoms with Crippen molar-refractivity contribution in [1.29, 1.82) is 0 Å². The van der Waals surface area contributed by atoms with E-state index in [0.717, 1.165) is 28.1 Å². The average Bonchev–Trinajstić information content (AvgIpc) is 3.47. The highest BCUT2D eigenvalue weighted by Crippen LogP contribution is 2.35. The number of ether oxygens (including phenoxy) is 2. The maximum Gasteiger partial charge on any atom is 0.231 e. The summed E-state index contributed by atoms with van der Waals surface area (Å²) in [7, 11) is 0. The SMILES string of the molecule is c1ccc(-c2nc(-c3ccc4c(c3)OCO4)n[nH]2)c(NCc2cn[nH]c2)c1. The van der Waals surface area contributed by atoms with Gasteiger partial charge >= 0.3 is 0 Å². The molecule has 27 heavy (non-hydrogen) atoms. The third-order valence-corrected chi connectivity index (χ3v) is 4.34. The van der Waals surface area contributed by atoms with Crippen LogP contribution in [0.3, 0.4) is 0 Å². The molecule has 0 unspecified atom stereocenters. The van der Waals surface area contributed by atoms with Crippen LogP contribution in [0.1, 0.15) is 5.56 Å². The number of aromatic nitrogens is 5. The van der Waals surface area contributed by atoms with Gasteiger partial charge in [-0.3, -0.25) is 10.2 Å². The number of rotatable bonds is 5. The Bertz CT molecular complexity index is 1070. The zero-order chi connectivity index (χ0) is 18.1. The van der Waals surface area contributed by atoms with Crippen LogP contribution >= 0.6 is 0 Å². The largest absolute Gasteiger partial charge is 0.454 e. The number of H-pyrrole nitrogens is 2. The van der Waals surface area contributed by atoms with Crippen molar-refractivity contribution in [3.05, 3.63) is 60.4 Å². The van der Waals surface area contributed by atoms with Crippen molar-refractivity contribution in [2.24, 2.45) is 0 Å². The Labute approximate surface area is 154 Å². The molecule has 134 valence electrons. The first-order valence-electron chi connectivity index (χ1n) is 8.50. The molecular weight excluding hydrogens is 344 g/mol. The molecule has 0 saturated carbocycles. The van der Waals surface area contributed by atoms with Crippen molar-refractivity contribution in [2.75, 3.05) is 12.1 Å². The molecule has 0 aliphatic carbocycles. The molecule has 0 spiro atoms. The molecule has 2 aromatic carbocycles. The number of benzene rings is 2. The normalized spacial score (nSPS) is 12.3. The van der Waals surface area contributed by atoms with Crippen molar-refractivity contribution in [3.63, 3.8) is 0 Å². The van der Waals surface area contributed by atoms with Crippen LogP contribution in [0.25, 0.3) is 22.8 Å². The number of aromatic amines is 2. The zero-order valence-electron chi connectivity index (χ0n) is 14.3. The molecule has 8 nitrogen and oxygen atoms in total. The van der Waals surface area contributed by atoms with Crippen LogP contribution in [0, 0.1) is 0 Å². The lowest BCUT2D eigenvalue weighted by atomic mass is 10.1. The van der Waals surface area contributed by atoms with Gasteiger partial charge in [0.25, 0.3) is 0 Å². The summed E-state index contributed by atoms with van der Waals surface area (Å²) in [5, 5.41) is 17.6. The summed E-state index contributed by atoms with van der Waals surface area (Å²) in [5.74, 6) is 2.75. The maximum absolute atomic E-state index is 5.43. The fourth-order valence-electron chi connectivity index (χ4n) is 2.96. The van der Waals surface area contributed by atoms with Crippen molar-refractivity contribution in [1.82, 2.24) is 25.4 Å². The fraction of sp³-hybridized carbons (Fsp3) is 0.105. The highest BCUT2D eigenvalue weighted by molar-refractivity contribution is 5.74. The number of fused-ring (bicyclic) bond motifs is 1. The summed E-state index contributed by atoms with van der Waals surface area (Å²) >= 11 is 0. The van der Waals surface area contributed by atoms with E-state index in [1.807, 2.05) is 48.7 Å². The van der Waals surface area contributed by atoms with E-state index in [0.29, 0.717) is 23.9 Å². The molecule has 5 rings (SSSR count). The summed E-state index contributed by atoms with van der Waals surface area (Å²) in [5.41, 5.74) is 3.85. The third-order valence-electron chi connectivity index (χ3n) is 4.34. The van der Waals surface area contributed by atoms with E-state index in [4.69, 9.17) is 9.47 Å². The number of nitrogens with one attached hydrogen (secondary N) is 3. The smallest absolute Gasteiger partial charge is 0.231 e. The summed E-state index contributed by atoms with van der Waals surface area (Å²) in [6, 6.07) is 13.6. The van der Waals surface area contributed by atoms with E-state index in [1.165, 1.54) is 0 Å². The molecule has 0 radical (unpaired) electrons. The number of hydrogen-bond acceptors (Lipinski definition) is 6. The van der Waals surface area contributed by atoms with Gasteiger partial charge in [-0.2, -0.15) is 10.2 Å². The molecule has 1 aliphatic rings. The topological polar surface area (TPSA) is 101 Å². The van der Waals surface area contributed by atoms with E-state index < -0.39 is 0 Å². The average molecular weight is 360 g/mol. The van der Waals surface area contributed by atoms with Gasteiger partial charge in [0, 0.05) is 35.1 Å². The summed E-state index contributed by atoms with van der Waals surface area (Å²) in [4.78, 5) is 4.66. The molecule has 0 saturated heterocycles. The highest BCUT2D eigenvalue weighted by Gasteiger charge is 2.16. The van der Waals surface area contributed by atoms with Gasteiger partial charge in [0.15, 0.2) is 23.1 Å². The molecule has 0 bridgehead atoms. The number of anilines is 1. The molecule has 0 amide bonds. The Morgan fingerprint density at radius 2 is 2.00 bits per heavy atom. The molecule has 8 heteroatoms. The predicted molar refractivity (Wildman–Crippen MR) is 99.3 cm³/mol. The second-order valence-electron chi connectivity index (χ2n) is 6.08. The van der Waals surface area contributed by atoms with Crippen LogP contribution in [0.5, 0.6) is 11.5 Å². The van der Waals surface area contributed by atoms with Gasteiger partial charge in [-0.05, 0) is 30.3 Å². The molecular formula is C19H16N6O2. The number of para-hydroxylation sites is 1. The predicted octanol–water partition coefficient (Wildman–Crippen LogP) is 3.20. The van der Waals surface area contributed by atoms with E-state index in [2.05, 4.69) is 30.7 Å². The van der Waals surface area contributed by atoms with Crippen LogP contribution in [-0.4, -0.2) is 32.2 Å². The van der Waals surface area contributed by atoms with Crippen molar-refractivity contribution >= 4 is 5.69 Å². The van der Waals surface area contributed by atoms with E-state index in [9.17, 15) is 0 Å². The summed E-state index contributed by atoms with van der Waals surface area (Å²) in [6.45, 7) is 0.907. The zero-order valence-corrected chi connectivity index (χ0v) is 14.3. The Morgan fingerprint density at radius 3 is 2.93 bits per heavy atom. The molecule has 0 fully saturated rings. The first kappa shape index (κ1) is 15.4. The minimum absolute atomic E-state index is 0.244. The van der Waals surface area contributed by atoms with Gasteiger partial charge in [-0.1, -0.05) is 12.1 Å². The minimum atomic E-state index is 0.244. The van der Waals surface area contributed by atoms with Crippen molar-refractivity contribution in [3.8, 4) is 34.3 Å². The summed E-state index contributed by atoms with van der Waals surface area (Å²) in [6.07, 6.45) is 3.66. The molecule has 1 aliphatic heterocycles. The van der Waals surface area contributed by atoms with Crippen molar-refractivity contribution < 1.29 is 9.47 Å². The van der Waals surface area contributed by atoms with Gasteiger partial charge < -0.3 is 14.8 Å². The fourth-order valence-corrected chi connectivity index (χ4v) is 2.96. The first-order valence-corrected chi connectivity index (χ1v) is 8.50. The van der Waals surface area contributed by atoms with Gasteiger partial charge in [0.1, 0.15) is 0 Å². The Hall–Kier alpha value is -3.81. The standard InChI is InChI=1S/C19H16N6O2/c1-2-4-15(20-8-12-9-21-22-10-12)14(3-1)19-23-18(24-25-19)13-5-6-16-17(7-13)27-11-26-16/h1-7,9-10,20H,8,11H2,(H,21,22)(H,23,24,25). The lowest BCUT2D eigenvalue weighted by Crippen LogP contribution is -2.00. The highest BCUT2D eigenvalue weighted by atomic mass is 16.7. The monoisotopic (exact) mass is 360 g/mol. The van der Waals surface area contributed by atoms with Gasteiger partial charge in [0.05, 0.1) is 6.20 Å². The Morgan fingerprint density at radius 1 is 1.07 bits per heavy atom. The third kappa shape index (κ3) is 2.97. The quantitative estimate of drug-likeness (QED) is 0.505. The van der Waals surface area contributed by atoms with Crippen LogP contribution < -0.4 is 14.8 Å². The molecule has 3 N–H and O–H groups in total. The Balaban J connectivity index is 1.43. The molecule has 0 atom stereocenters. The van der Waals surface area contributed by atoms with Crippen LogP contribution in [0.2, 0.25) is 0 Å². The van der Waals surface area contributed by atoms with Crippen LogP contribution in [0.4, 0.5) is 5.69 Å². The lowest BCUT2D eigenvalue weighted by Gasteiger charge is -2.09. The number of nitrogens with zero attached hydrogens (tertiary/aromatic N) is 3. The first-order chi connectivity index (χ1) is 13.4. The van der Waals surface area contributed by atoms with E-state index in [-0.39, 0.29) is 6.79 Å². The summed E-state index contributed by atoms with van der Waals surface area (Å²) < 4.78 is 10.8. The van der Waals surface area contributed by atoms with Crippen LogP contribution in [-0.2, 0) is 6.54 Å². The maximum atomic E-state index is 5.43. The van der Waals surface area contributed by atoms with Crippen LogP contribution in [0.15, 0.2) is 54.9 Å². The van der Waals surface area contributed by atoms with E-state index in [1.54, 1.807) is 6.20 Å². The van der Waals surface area contributed by atoms with Gasteiger partial charge in [0.2, 0.25) is 6.79 Å². The van der Waals surface area contributed by atoms with Crippen molar-refractivity contribution in [2.45, 2.75) is 6.54 Å². The van der Waals surface area contributed by atoms with E-state index >= 15 is 0 Å². The van der Waals surface area contributed by atoms with Gasteiger partial charge in [-0.15, -0.1) is 0 Å². The minimum Gasteiger partial charge on any atom is -0.454 e.